The maximum atomic E-state index is 3.30. The summed E-state index contributed by atoms with van der Waals surface area (Å²) in [5, 5.41) is 3.30. The Hall–Kier alpha value is -0.0800. The highest BCUT2D eigenvalue weighted by molar-refractivity contribution is 4.77. The zero-order valence-electron chi connectivity index (χ0n) is 9.18. The summed E-state index contributed by atoms with van der Waals surface area (Å²) < 4.78 is 0. The van der Waals surface area contributed by atoms with E-state index in [2.05, 4.69) is 24.2 Å². The average molecular weight is 184 g/mol. The zero-order chi connectivity index (χ0) is 9.52. The van der Waals surface area contributed by atoms with Gasteiger partial charge in [-0.15, -0.1) is 0 Å². The number of likely N-dealkylation sites (N-methyl/N-ethyl adjacent to an activating group) is 1. The minimum Gasteiger partial charge on any atom is -0.318 e. The standard InChI is InChI=1S/C11H24N2/c1-3-4-8-13-9-6-5-7-11(13)10-12-2/h11-12H,3-10H2,1-2H3. The van der Waals surface area contributed by atoms with Crippen molar-refractivity contribution in [3.05, 3.63) is 0 Å². The Morgan fingerprint density at radius 2 is 2.23 bits per heavy atom. The van der Waals surface area contributed by atoms with Crippen LogP contribution in [-0.4, -0.2) is 37.6 Å². The molecule has 1 N–H and O–H groups in total. The molecule has 1 fully saturated rings. The van der Waals surface area contributed by atoms with Crippen LogP contribution in [-0.2, 0) is 0 Å². The van der Waals surface area contributed by atoms with Crippen LogP contribution >= 0.6 is 0 Å². The second-order valence-electron chi connectivity index (χ2n) is 4.10. The fourth-order valence-electron chi connectivity index (χ4n) is 2.18. The van der Waals surface area contributed by atoms with Crippen molar-refractivity contribution in [2.45, 2.75) is 45.1 Å². The fourth-order valence-corrected chi connectivity index (χ4v) is 2.18. The molecule has 0 aliphatic carbocycles. The SMILES string of the molecule is CCCCN1CCCCC1CNC. The lowest BCUT2D eigenvalue weighted by molar-refractivity contribution is 0.145. The van der Waals surface area contributed by atoms with Gasteiger partial charge in [-0.2, -0.15) is 0 Å². The molecule has 1 atom stereocenters. The Kier molecular flexibility index (Phi) is 5.40. The summed E-state index contributed by atoms with van der Waals surface area (Å²) in [6, 6.07) is 0.810. The van der Waals surface area contributed by atoms with Crippen LogP contribution in [0.25, 0.3) is 0 Å². The lowest BCUT2D eigenvalue weighted by Gasteiger charge is -2.35. The lowest BCUT2D eigenvalue weighted by atomic mass is 10.0. The molecule has 1 unspecified atom stereocenters. The summed E-state index contributed by atoms with van der Waals surface area (Å²) in [5.41, 5.74) is 0. The van der Waals surface area contributed by atoms with E-state index in [4.69, 9.17) is 0 Å². The lowest BCUT2D eigenvalue weighted by Crippen LogP contribution is -2.45. The maximum absolute atomic E-state index is 3.30. The van der Waals surface area contributed by atoms with Crippen molar-refractivity contribution in [2.75, 3.05) is 26.7 Å². The van der Waals surface area contributed by atoms with E-state index in [0.717, 1.165) is 6.04 Å². The van der Waals surface area contributed by atoms with E-state index in [9.17, 15) is 0 Å². The molecule has 0 aromatic rings. The van der Waals surface area contributed by atoms with Gasteiger partial charge in [0.15, 0.2) is 0 Å². The van der Waals surface area contributed by atoms with Gasteiger partial charge in [0.05, 0.1) is 0 Å². The van der Waals surface area contributed by atoms with E-state index in [-0.39, 0.29) is 0 Å². The molecule has 1 heterocycles. The van der Waals surface area contributed by atoms with Crippen molar-refractivity contribution >= 4 is 0 Å². The molecule has 0 spiro atoms. The first kappa shape index (κ1) is 11.0. The van der Waals surface area contributed by atoms with Crippen LogP contribution < -0.4 is 5.32 Å². The largest absolute Gasteiger partial charge is 0.318 e. The second-order valence-corrected chi connectivity index (χ2v) is 4.10. The zero-order valence-corrected chi connectivity index (χ0v) is 9.18. The van der Waals surface area contributed by atoms with E-state index in [1.54, 1.807) is 0 Å². The Morgan fingerprint density at radius 3 is 2.92 bits per heavy atom. The third-order valence-electron chi connectivity index (χ3n) is 2.99. The number of likely N-dealkylation sites (tertiary alicyclic amines) is 1. The molecule has 1 aliphatic heterocycles. The summed E-state index contributed by atoms with van der Waals surface area (Å²) >= 11 is 0. The molecule has 0 radical (unpaired) electrons. The monoisotopic (exact) mass is 184 g/mol. The van der Waals surface area contributed by atoms with E-state index in [1.807, 2.05) is 0 Å². The van der Waals surface area contributed by atoms with Gasteiger partial charge in [-0.1, -0.05) is 19.8 Å². The van der Waals surface area contributed by atoms with Gasteiger partial charge in [0, 0.05) is 12.6 Å². The van der Waals surface area contributed by atoms with E-state index >= 15 is 0 Å². The first-order valence-electron chi connectivity index (χ1n) is 5.77. The Balaban J connectivity index is 2.28. The number of rotatable bonds is 5. The third-order valence-corrected chi connectivity index (χ3v) is 2.99. The Morgan fingerprint density at radius 1 is 1.38 bits per heavy atom. The van der Waals surface area contributed by atoms with Crippen molar-refractivity contribution in [1.82, 2.24) is 10.2 Å². The number of nitrogens with one attached hydrogen (secondary N) is 1. The van der Waals surface area contributed by atoms with Gasteiger partial charge >= 0.3 is 0 Å². The molecular weight excluding hydrogens is 160 g/mol. The minimum atomic E-state index is 0.810. The molecule has 1 saturated heterocycles. The number of hydrogen-bond donors (Lipinski definition) is 1. The summed E-state index contributed by atoms with van der Waals surface area (Å²) in [7, 11) is 2.06. The topological polar surface area (TPSA) is 15.3 Å². The van der Waals surface area contributed by atoms with Gasteiger partial charge in [-0.05, 0) is 39.4 Å². The van der Waals surface area contributed by atoms with E-state index in [1.165, 1.54) is 51.7 Å². The van der Waals surface area contributed by atoms with Gasteiger partial charge < -0.3 is 5.32 Å². The second kappa shape index (κ2) is 6.39. The molecule has 0 bridgehead atoms. The Labute approximate surface area is 82.7 Å². The predicted molar refractivity (Wildman–Crippen MR) is 58.0 cm³/mol. The van der Waals surface area contributed by atoms with Crippen molar-refractivity contribution in [2.24, 2.45) is 0 Å². The summed E-state index contributed by atoms with van der Waals surface area (Å²) in [6.07, 6.45) is 6.91. The van der Waals surface area contributed by atoms with Crippen LogP contribution in [0.3, 0.4) is 0 Å². The highest BCUT2D eigenvalue weighted by Crippen LogP contribution is 2.16. The molecule has 0 aromatic heterocycles. The van der Waals surface area contributed by atoms with Crippen LogP contribution in [0.15, 0.2) is 0 Å². The van der Waals surface area contributed by atoms with Crippen LogP contribution in [0.5, 0.6) is 0 Å². The fraction of sp³-hybridized carbons (Fsp3) is 1.00. The molecule has 1 rings (SSSR count). The molecule has 2 heteroatoms. The number of unbranched alkanes of at least 4 members (excludes halogenated alkanes) is 1. The summed E-state index contributed by atoms with van der Waals surface area (Å²) in [4.78, 5) is 2.67. The summed E-state index contributed by atoms with van der Waals surface area (Å²) in [6.45, 7) is 6.08. The highest BCUT2D eigenvalue weighted by Gasteiger charge is 2.20. The normalized spacial score (nSPS) is 24.9. The van der Waals surface area contributed by atoms with Crippen LogP contribution in [0.4, 0.5) is 0 Å². The molecule has 13 heavy (non-hydrogen) atoms. The number of hydrogen-bond acceptors (Lipinski definition) is 2. The third kappa shape index (κ3) is 3.65. The number of piperidine rings is 1. The van der Waals surface area contributed by atoms with Crippen molar-refractivity contribution in [1.29, 1.82) is 0 Å². The van der Waals surface area contributed by atoms with Crippen molar-refractivity contribution < 1.29 is 0 Å². The molecular formula is C11H24N2. The molecule has 0 amide bonds. The maximum Gasteiger partial charge on any atom is 0.0220 e. The number of nitrogens with zero attached hydrogens (tertiary/aromatic N) is 1. The van der Waals surface area contributed by atoms with Gasteiger partial charge in [0.25, 0.3) is 0 Å². The molecule has 1 aliphatic rings. The van der Waals surface area contributed by atoms with Gasteiger partial charge in [0.2, 0.25) is 0 Å². The van der Waals surface area contributed by atoms with Gasteiger partial charge in [-0.25, -0.2) is 0 Å². The van der Waals surface area contributed by atoms with Gasteiger partial charge in [-0.3, -0.25) is 4.90 Å². The molecule has 78 valence electrons. The van der Waals surface area contributed by atoms with E-state index in [0.29, 0.717) is 0 Å². The quantitative estimate of drug-likeness (QED) is 0.701. The van der Waals surface area contributed by atoms with Crippen molar-refractivity contribution in [3.63, 3.8) is 0 Å². The van der Waals surface area contributed by atoms with Crippen molar-refractivity contribution in [3.8, 4) is 0 Å². The predicted octanol–water partition coefficient (Wildman–Crippen LogP) is 1.86. The Bertz CT molecular complexity index is 123. The average Bonchev–Trinajstić information content (AvgIpc) is 2.17. The highest BCUT2D eigenvalue weighted by atomic mass is 15.2. The van der Waals surface area contributed by atoms with Gasteiger partial charge in [0.1, 0.15) is 0 Å². The molecule has 0 saturated carbocycles. The first-order valence-corrected chi connectivity index (χ1v) is 5.77. The van der Waals surface area contributed by atoms with E-state index < -0.39 is 0 Å². The summed E-state index contributed by atoms with van der Waals surface area (Å²) in [5.74, 6) is 0. The smallest absolute Gasteiger partial charge is 0.0220 e. The van der Waals surface area contributed by atoms with Crippen LogP contribution in [0.2, 0.25) is 0 Å². The molecule has 0 aromatic carbocycles. The first-order chi connectivity index (χ1) is 6.38. The van der Waals surface area contributed by atoms with Crippen LogP contribution in [0, 0.1) is 0 Å². The van der Waals surface area contributed by atoms with Crippen LogP contribution in [0.1, 0.15) is 39.0 Å². The minimum absolute atomic E-state index is 0.810. The molecule has 2 nitrogen and oxygen atoms in total.